The highest BCUT2D eigenvalue weighted by atomic mass is 16.6. The van der Waals surface area contributed by atoms with Gasteiger partial charge in [-0.3, -0.25) is 19.3 Å². The van der Waals surface area contributed by atoms with E-state index < -0.39 is 41.6 Å². The van der Waals surface area contributed by atoms with Crippen LogP contribution < -0.4 is 0 Å². The normalized spacial score (nSPS) is 15.5. The summed E-state index contributed by atoms with van der Waals surface area (Å²) in [7, 11) is 6.21. The fourth-order valence-corrected chi connectivity index (χ4v) is 4.48. The third-order valence-corrected chi connectivity index (χ3v) is 6.33. The van der Waals surface area contributed by atoms with E-state index in [-0.39, 0.29) is 18.9 Å². The lowest BCUT2D eigenvalue weighted by Gasteiger charge is -2.37. The van der Waals surface area contributed by atoms with Gasteiger partial charge in [-0.15, -0.1) is 0 Å². The van der Waals surface area contributed by atoms with Gasteiger partial charge in [0.2, 0.25) is 11.8 Å². The number of carbonyl (C=O) groups is 4. The summed E-state index contributed by atoms with van der Waals surface area (Å²) >= 11 is 0. The number of hydrogen-bond donors (Lipinski definition) is 0. The standard InChI is InChI=1S/C27H41N3O6/c1-27(2,3)36-22(31)17-21(24(32)28(4)5)29(6)25(33)23(20-15-11-12-16-20)30(7)26(34)35-18-19-13-9-8-10-14-19/h8-10,13-14,20-21,23H,11-12,15-18H2,1-7H3/t21-,23-/m0/s1. The predicted octanol–water partition coefficient (Wildman–Crippen LogP) is 3.46. The predicted molar refractivity (Wildman–Crippen MR) is 136 cm³/mol. The summed E-state index contributed by atoms with van der Waals surface area (Å²) in [5, 5.41) is 0. The van der Waals surface area contributed by atoms with Gasteiger partial charge < -0.3 is 19.3 Å². The fraction of sp³-hybridized carbons (Fsp3) is 0.630. The van der Waals surface area contributed by atoms with Crippen molar-refractivity contribution in [1.82, 2.24) is 14.7 Å². The Kier molecular flexibility index (Phi) is 10.3. The van der Waals surface area contributed by atoms with Gasteiger partial charge in [0.25, 0.3) is 0 Å². The Balaban J connectivity index is 2.24. The van der Waals surface area contributed by atoms with Gasteiger partial charge in [-0.2, -0.15) is 0 Å². The number of rotatable bonds is 9. The van der Waals surface area contributed by atoms with Crippen LogP contribution >= 0.6 is 0 Å². The molecule has 0 bridgehead atoms. The molecule has 1 aromatic rings. The highest BCUT2D eigenvalue weighted by molar-refractivity contribution is 5.93. The van der Waals surface area contributed by atoms with Crippen LogP contribution in [-0.4, -0.2) is 84.5 Å². The zero-order valence-corrected chi connectivity index (χ0v) is 22.7. The SMILES string of the molecule is CN(C)C(=O)[C@H](CC(=O)OC(C)(C)C)N(C)C(=O)[C@H](C1CCCC1)N(C)C(=O)OCc1ccccc1. The van der Waals surface area contributed by atoms with Crippen molar-refractivity contribution in [2.75, 3.05) is 28.2 Å². The molecule has 0 spiro atoms. The second-order valence-corrected chi connectivity index (χ2v) is 10.6. The van der Waals surface area contributed by atoms with Crippen LogP contribution in [0.5, 0.6) is 0 Å². The molecule has 0 saturated heterocycles. The van der Waals surface area contributed by atoms with E-state index in [0.29, 0.717) is 0 Å². The molecule has 2 rings (SSSR count). The molecule has 0 radical (unpaired) electrons. The van der Waals surface area contributed by atoms with Gasteiger partial charge in [-0.25, -0.2) is 4.79 Å². The second-order valence-electron chi connectivity index (χ2n) is 10.6. The first-order valence-corrected chi connectivity index (χ1v) is 12.4. The number of amides is 3. The molecule has 36 heavy (non-hydrogen) atoms. The van der Waals surface area contributed by atoms with Crippen molar-refractivity contribution >= 4 is 23.9 Å². The van der Waals surface area contributed by atoms with Crippen molar-refractivity contribution in [3.05, 3.63) is 35.9 Å². The zero-order chi connectivity index (χ0) is 27.0. The first-order valence-electron chi connectivity index (χ1n) is 12.4. The van der Waals surface area contributed by atoms with Gasteiger partial charge in [-0.1, -0.05) is 43.2 Å². The Bertz CT molecular complexity index is 906. The lowest BCUT2D eigenvalue weighted by atomic mass is 9.95. The minimum Gasteiger partial charge on any atom is -0.460 e. The van der Waals surface area contributed by atoms with Crippen LogP contribution in [0.25, 0.3) is 0 Å². The van der Waals surface area contributed by atoms with Crippen LogP contribution in [0.15, 0.2) is 30.3 Å². The van der Waals surface area contributed by atoms with Crippen molar-refractivity contribution in [2.45, 2.75) is 77.2 Å². The molecular weight excluding hydrogens is 462 g/mol. The van der Waals surface area contributed by atoms with Crippen molar-refractivity contribution in [3.63, 3.8) is 0 Å². The fourth-order valence-electron chi connectivity index (χ4n) is 4.48. The number of ether oxygens (including phenoxy) is 2. The molecule has 9 nitrogen and oxygen atoms in total. The second kappa shape index (κ2) is 12.7. The van der Waals surface area contributed by atoms with Gasteiger partial charge >= 0.3 is 12.1 Å². The third kappa shape index (κ3) is 8.24. The van der Waals surface area contributed by atoms with Crippen molar-refractivity contribution in [3.8, 4) is 0 Å². The van der Waals surface area contributed by atoms with E-state index in [1.54, 1.807) is 41.9 Å². The summed E-state index contributed by atoms with van der Waals surface area (Å²) in [5.74, 6) is -1.43. The van der Waals surface area contributed by atoms with Crippen LogP contribution in [-0.2, 0) is 30.5 Å². The molecule has 0 aliphatic heterocycles. The maximum atomic E-state index is 13.8. The van der Waals surface area contributed by atoms with Crippen LogP contribution in [0.2, 0.25) is 0 Å². The Morgan fingerprint density at radius 2 is 1.50 bits per heavy atom. The maximum absolute atomic E-state index is 13.8. The topological polar surface area (TPSA) is 96.5 Å². The number of hydrogen-bond acceptors (Lipinski definition) is 6. The lowest BCUT2D eigenvalue weighted by molar-refractivity contribution is -0.160. The number of nitrogens with zero attached hydrogens (tertiary/aromatic N) is 3. The number of benzene rings is 1. The number of esters is 1. The molecule has 1 saturated carbocycles. The molecule has 0 heterocycles. The van der Waals surface area contributed by atoms with Crippen LogP contribution in [0, 0.1) is 5.92 Å². The Morgan fingerprint density at radius 3 is 2.03 bits per heavy atom. The summed E-state index contributed by atoms with van der Waals surface area (Å²) < 4.78 is 10.9. The minimum absolute atomic E-state index is 0.0640. The first-order chi connectivity index (χ1) is 16.8. The Morgan fingerprint density at radius 1 is 0.917 bits per heavy atom. The lowest BCUT2D eigenvalue weighted by Crippen LogP contribution is -2.57. The van der Waals surface area contributed by atoms with E-state index in [0.717, 1.165) is 31.2 Å². The number of carbonyl (C=O) groups excluding carboxylic acids is 4. The van der Waals surface area contributed by atoms with Crippen molar-refractivity contribution in [2.24, 2.45) is 5.92 Å². The van der Waals surface area contributed by atoms with Crippen LogP contribution in [0.1, 0.15) is 58.4 Å². The monoisotopic (exact) mass is 503 g/mol. The van der Waals surface area contributed by atoms with Gasteiger partial charge in [0, 0.05) is 28.2 Å². The average Bonchev–Trinajstić information content (AvgIpc) is 3.33. The average molecular weight is 504 g/mol. The quantitative estimate of drug-likeness (QED) is 0.479. The Hall–Kier alpha value is -3.10. The van der Waals surface area contributed by atoms with E-state index >= 15 is 0 Å². The molecular formula is C27H41N3O6. The first kappa shape index (κ1) is 29.1. The van der Waals surface area contributed by atoms with Crippen LogP contribution in [0.4, 0.5) is 4.79 Å². The smallest absolute Gasteiger partial charge is 0.410 e. The molecule has 0 aromatic heterocycles. The highest BCUT2D eigenvalue weighted by Crippen LogP contribution is 2.32. The molecule has 1 fully saturated rings. The molecule has 200 valence electrons. The minimum atomic E-state index is -1.06. The molecule has 0 unspecified atom stereocenters. The van der Waals surface area contributed by atoms with E-state index in [1.807, 2.05) is 30.3 Å². The van der Waals surface area contributed by atoms with E-state index in [1.165, 1.54) is 21.7 Å². The summed E-state index contributed by atoms with van der Waals surface area (Å²) in [4.78, 5) is 56.4. The summed E-state index contributed by atoms with van der Waals surface area (Å²) in [6.45, 7) is 5.32. The Labute approximate surface area is 214 Å². The molecule has 0 N–H and O–H groups in total. The zero-order valence-electron chi connectivity index (χ0n) is 22.7. The molecule has 1 aliphatic carbocycles. The maximum Gasteiger partial charge on any atom is 0.410 e. The van der Waals surface area contributed by atoms with Gasteiger partial charge in [0.05, 0.1) is 6.42 Å². The molecule has 1 aliphatic rings. The molecule has 3 amide bonds. The van der Waals surface area contributed by atoms with E-state index in [2.05, 4.69) is 0 Å². The number of likely N-dealkylation sites (N-methyl/N-ethyl adjacent to an activating group) is 3. The largest absolute Gasteiger partial charge is 0.460 e. The molecule has 2 atom stereocenters. The van der Waals surface area contributed by atoms with E-state index in [4.69, 9.17) is 9.47 Å². The summed E-state index contributed by atoms with van der Waals surface area (Å²) in [6.07, 6.45) is 2.61. The van der Waals surface area contributed by atoms with Gasteiger partial charge in [0.15, 0.2) is 0 Å². The summed E-state index contributed by atoms with van der Waals surface area (Å²) in [6, 6.07) is 7.45. The van der Waals surface area contributed by atoms with Crippen molar-refractivity contribution in [1.29, 1.82) is 0 Å². The van der Waals surface area contributed by atoms with Crippen LogP contribution in [0.3, 0.4) is 0 Å². The molecule has 9 heteroatoms. The summed E-state index contributed by atoms with van der Waals surface area (Å²) in [5.41, 5.74) is 0.120. The van der Waals surface area contributed by atoms with Gasteiger partial charge in [0.1, 0.15) is 24.3 Å². The van der Waals surface area contributed by atoms with Crippen molar-refractivity contribution < 1.29 is 28.7 Å². The third-order valence-electron chi connectivity index (χ3n) is 6.33. The highest BCUT2D eigenvalue weighted by Gasteiger charge is 2.42. The molecule has 1 aromatic carbocycles. The van der Waals surface area contributed by atoms with E-state index in [9.17, 15) is 19.2 Å². The van der Waals surface area contributed by atoms with Gasteiger partial charge in [-0.05, 0) is 45.1 Å².